The van der Waals surface area contributed by atoms with Gasteiger partial charge in [-0.05, 0) is 42.0 Å². The van der Waals surface area contributed by atoms with Crippen molar-refractivity contribution in [2.45, 2.75) is 38.1 Å². The number of amides is 2. The van der Waals surface area contributed by atoms with Gasteiger partial charge in [0.2, 0.25) is 11.8 Å². The summed E-state index contributed by atoms with van der Waals surface area (Å²) in [6.07, 6.45) is 3.69. The van der Waals surface area contributed by atoms with Crippen LogP contribution in [0.3, 0.4) is 0 Å². The van der Waals surface area contributed by atoms with Gasteiger partial charge in [0.1, 0.15) is 6.04 Å². The zero-order valence-electron chi connectivity index (χ0n) is 13.2. The molecule has 1 heterocycles. The third-order valence-electron chi connectivity index (χ3n) is 4.57. The van der Waals surface area contributed by atoms with Crippen molar-refractivity contribution in [2.24, 2.45) is 5.73 Å². The van der Waals surface area contributed by atoms with Crippen LogP contribution in [0, 0.1) is 0 Å². The highest BCUT2D eigenvalue weighted by molar-refractivity contribution is 5.87. The van der Waals surface area contributed by atoms with Gasteiger partial charge in [0, 0.05) is 13.0 Å². The first kappa shape index (κ1) is 15.5. The van der Waals surface area contributed by atoms with Crippen LogP contribution in [0.25, 0.3) is 10.8 Å². The number of fused-ring (bicyclic) bond motifs is 1. The van der Waals surface area contributed by atoms with Crippen molar-refractivity contribution in [2.75, 3.05) is 6.54 Å². The second-order valence-electron chi connectivity index (χ2n) is 6.18. The molecule has 0 spiro atoms. The second kappa shape index (κ2) is 6.82. The number of hydrogen-bond acceptors (Lipinski definition) is 2. The fourth-order valence-corrected chi connectivity index (χ4v) is 3.34. The van der Waals surface area contributed by atoms with Gasteiger partial charge < -0.3 is 10.6 Å². The van der Waals surface area contributed by atoms with Gasteiger partial charge in [0.25, 0.3) is 0 Å². The predicted octanol–water partition coefficient (Wildman–Crippen LogP) is 2.64. The fraction of sp³-hybridized carbons (Fsp3) is 0.368. The van der Waals surface area contributed by atoms with Crippen LogP contribution in [0.4, 0.5) is 0 Å². The maximum Gasteiger partial charge on any atom is 0.240 e. The molecular weight excluding hydrogens is 288 g/mol. The number of likely N-dealkylation sites (tertiary alicyclic amines) is 1. The number of nitrogens with zero attached hydrogens (tertiary/aromatic N) is 1. The molecule has 4 nitrogen and oxygen atoms in total. The van der Waals surface area contributed by atoms with Gasteiger partial charge in [0.15, 0.2) is 0 Å². The summed E-state index contributed by atoms with van der Waals surface area (Å²) in [5.41, 5.74) is 6.61. The summed E-state index contributed by atoms with van der Waals surface area (Å²) in [7, 11) is 0. The molecule has 1 aliphatic heterocycles. The summed E-state index contributed by atoms with van der Waals surface area (Å²) in [5.74, 6) is -0.336. The summed E-state index contributed by atoms with van der Waals surface area (Å²) < 4.78 is 0. The van der Waals surface area contributed by atoms with E-state index >= 15 is 0 Å². The van der Waals surface area contributed by atoms with Crippen molar-refractivity contribution in [3.63, 3.8) is 0 Å². The molecule has 2 N–H and O–H groups in total. The molecule has 1 saturated heterocycles. The first-order chi connectivity index (χ1) is 11.1. The van der Waals surface area contributed by atoms with E-state index < -0.39 is 6.04 Å². The van der Waals surface area contributed by atoms with Crippen molar-refractivity contribution in [1.29, 1.82) is 0 Å². The molecule has 0 aromatic heterocycles. The lowest BCUT2D eigenvalue weighted by Gasteiger charge is -2.22. The summed E-state index contributed by atoms with van der Waals surface area (Å²) >= 11 is 0. The van der Waals surface area contributed by atoms with E-state index in [1.807, 2.05) is 12.1 Å². The Morgan fingerprint density at radius 1 is 1.13 bits per heavy atom. The van der Waals surface area contributed by atoms with Crippen LogP contribution in [-0.2, 0) is 16.0 Å². The van der Waals surface area contributed by atoms with Crippen molar-refractivity contribution in [3.8, 4) is 0 Å². The van der Waals surface area contributed by atoms with Gasteiger partial charge in [-0.3, -0.25) is 9.59 Å². The van der Waals surface area contributed by atoms with Crippen molar-refractivity contribution in [3.05, 3.63) is 48.0 Å². The Morgan fingerprint density at radius 2 is 1.91 bits per heavy atom. The van der Waals surface area contributed by atoms with Crippen LogP contribution in [0.5, 0.6) is 0 Å². The summed E-state index contributed by atoms with van der Waals surface area (Å²) in [6, 6.07) is 14.3. The highest BCUT2D eigenvalue weighted by atomic mass is 16.2. The van der Waals surface area contributed by atoms with E-state index in [0.717, 1.165) is 19.3 Å². The lowest BCUT2D eigenvalue weighted by atomic mass is 10.0. The molecule has 23 heavy (non-hydrogen) atoms. The molecule has 0 saturated carbocycles. The van der Waals surface area contributed by atoms with Gasteiger partial charge >= 0.3 is 0 Å². The van der Waals surface area contributed by atoms with E-state index in [4.69, 9.17) is 5.73 Å². The van der Waals surface area contributed by atoms with Crippen molar-refractivity contribution in [1.82, 2.24) is 4.90 Å². The molecule has 1 atom stereocenters. The largest absolute Gasteiger partial charge is 0.368 e. The average molecular weight is 310 g/mol. The topological polar surface area (TPSA) is 63.4 Å². The number of aryl methyl sites for hydroxylation is 1. The van der Waals surface area contributed by atoms with Gasteiger partial charge in [-0.25, -0.2) is 0 Å². The zero-order valence-corrected chi connectivity index (χ0v) is 13.2. The number of hydrogen-bond donors (Lipinski definition) is 1. The lowest BCUT2D eigenvalue weighted by molar-refractivity contribution is -0.137. The molecule has 1 fully saturated rings. The van der Waals surface area contributed by atoms with Crippen LogP contribution in [0.15, 0.2) is 42.5 Å². The maximum atomic E-state index is 12.3. The number of benzene rings is 2. The van der Waals surface area contributed by atoms with Crippen LogP contribution < -0.4 is 5.73 Å². The molecule has 0 bridgehead atoms. The van der Waals surface area contributed by atoms with Gasteiger partial charge in [-0.2, -0.15) is 0 Å². The maximum absolute atomic E-state index is 12.3. The molecule has 2 amide bonds. The Balaban J connectivity index is 1.56. The standard InChI is InChI=1S/C19H22N2O2/c20-19(23)17-8-4-12-21(17)18(22)9-3-5-14-10-11-15-6-1-2-7-16(15)13-14/h1-2,6-7,10-11,13,17H,3-5,8-9,12H2,(H2,20,23). The minimum atomic E-state index is -0.400. The first-order valence-corrected chi connectivity index (χ1v) is 8.21. The van der Waals surface area contributed by atoms with E-state index in [2.05, 4.69) is 30.3 Å². The molecule has 1 unspecified atom stereocenters. The smallest absolute Gasteiger partial charge is 0.240 e. The van der Waals surface area contributed by atoms with Gasteiger partial charge in [-0.15, -0.1) is 0 Å². The number of rotatable bonds is 5. The molecule has 120 valence electrons. The average Bonchev–Trinajstić information content (AvgIpc) is 3.04. The normalized spacial score (nSPS) is 17.6. The first-order valence-electron chi connectivity index (χ1n) is 8.21. The summed E-state index contributed by atoms with van der Waals surface area (Å²) in [6.45, 7) is 0.655. The highest BCUT2D eigenvalue weighted by Crippen LogP contribution is 2.20. The third-order valence-corrected chi connectivity index (χ3v) is 4.57. The number of nitrogens with two attached hydrogens (primary N) is 1. The quantitative estimate of drug-likeness (QED) is 0.922. The molecule has 1 aliphatic rings. The number of carbonyl (C=O) groups is 2. The number of carbonyl (C=O) groups excluding carboxylic acids is 2. The second-order valence-corrected chi connectivity index (χ2v) is 6.18. The van der Waals surface area contributed by atoms with E-state index in [-0.39, 0.29) is 11.8 Å². The molecule has 2 aromatic carbocycles. The van der Waals surface area contributed by atoms with Crippen LogP contribution in [0.2, 0.25) is 0 Å². The highest BCUT2D eigenvalue weighted by Gasteiger charge is 2.31. The molecule has 3 rings (SSSR count). The molecule has 0 radical (unpaired) electrons. The predicted molar refractivity (Wildman–Crippen MR) is 90.8 cm³/mol. The van der Waals surface area contributed by atoms with E-state index in [9.17, 15) is 9.59 Å². The summed E-state index contributed by atoms with van der Waals surface area (Å²) in [4.78, 5) is 25.3. The molecule has 0 aliphatic carbocycles. The molecule has 4 heteroatoms. The minimum Gasteiger partial charge on any atom is -0.368 e. The van der Waals surface area contributed by atoms with E-state index in [1.54, 1.807) is 4.90 Å². The Bertz CT molecular complexity index is 726. The Morgan fingerprint density at radius 3 is 2.70 bits per heavy atom. The van der Waals surface area contributed by atoms with Crippen LogP contribution in [0.1, 0.15) is 31.2 Å². The third kappa shape index (κ3) is 3.52. The van der Waals surface area contributed by atoms with Crippen LogP contribution in [-0.4, -0.2) is 29.3 Å². The zero-order chi connectivity index (χ0) is 16.2. The van der Waals surface area contributed by atoms with Gasteiger partial charge in [-0.1, -0.05) is 42.5 Å². The van der Waals surface area contributed by atoms with E-state index in [0.29, 0.717) is 19.4 Å². The van der Waals surface area contributed by atoms with E-state index in [1.165, 1.54) is 16.3 Å². The fourth-order valence-electron chi connectivity index (χ4n) is 3.34. The summed E-state index contributed by atoms with van der Waals surface area (Å²) in [5, 5.41) is 2.46. The Kier molecular flexibility index (Phi) is 4.60. The minimum absolute atomic E-state index is 0.0482. The lowest BCUT2D eigenvalue weighted by Crippen LogP contribution is -2.43. The van der Waals surface area contributed by atoms with Crippen molar-refractivity contribution < 1.29 is 9.59 Å². The molecular formula is C19H22N2O2. The van der Waals surface area contributed by atoms with Crippen molar-refractivity contribution >= 4 is 22.6 Å². The van der Waals surface area contributed by atoms with Gasteiger partial charge in [0.05, 0.1) is 0 Å². The SMILES string of the molecule is NC(=O)C1CCCN1C(=O)CCCc1ccc2ccccc2c1. The number of primary amides is 1. The van der Waals surface area contributed by atoms with Crippen LogP contribution >= 0.6 is 0 Å². The Labute approximate surface area is 136 Å². The molecule has 2 aromatic rings. The Hall–Kier alpha value is -2.36. The monoisotopic (exact) mass is 310 g/mol.